The van der Waals surface area contributed by atoms with Gasteiger partial charge >= 0.3 is 0 Å². The lowest BCUT2D eigenvalue weighted by Crippen LogP contribution is -2.10. The lowest BCUT2D eigenvalue weighted by Gasteiger charge is -2.19. The molecular weight excluding hydrogens is 248 g/mol. The zero-order valence-corrected chi connectivity index (χ0v) is 11.9. The summed E-state index contributed by atoms with van der Waals surface area (Å²) in [6.07, 6.45) is 0.994. The van der Waals surface area contributed by atoms with Crippen LogP contribution in [0.3, 0.4) is 0 Å². The molecule has 1 atom stereocenters. The molecule has 0 saturated heterocycles. The summed E-state index contributed by atoms with van der Waals surface area (Å²) in [7, 11) is 0. The monoisotopic (exact) mass is 268 g/mol. The molecule has 2 N–H and O–H groups in total. The largest absolute Gasteiger partial charge is 0.378 e. The Bertz CT molecular complexity index is 549. The molecule has 1 unspecified atom stereocenters. The molecule has 2 aromatic carbocycles. The third kappa shape index (κ3) is 3.85. The summed E-state index contributed by atoms with van der Waals surface area (Å²) in [6.45, 7) is 3.67. The Labute approximate surface area is 120 Å². The summed E-state index contributed by atoms with van der Waals surface area (Å²) in [4.78, 5) is 11.0. The summed E-state index contributed by atoms with van der Waals surface area (Å²) < 4.78 is 0. The SMILES string of the molecule is CCC(Nc1ccccc1)c1ccc(NC(C)=O)cc1. The number of amides is 1. The highest BCUT2D eigenvalue weighted by Gasteiger charge is 2.09. The number of anilines is 2. The quantitative estimate of drug-likeness (QED) is 0.853. The van der Waals surface area contributed by atoms with Gasteiger partial charge in [0.2, 0.25) is 5.91 Å². The first kappa shape index (κ1) is 14.1. The van der Waals surface area contributed by atoms with Crippen molar-refractivity contribution in [1.29, 1.82) is 0 Å². The summed E-state index contributed by atoms with van der Waals surface area (Å²) >= 11 is 0. The molecule has 0 saturated carbocycles. The van der Waals surface area contributed by atoms with Crippen molar-refractivity contribution in [3.63, 3.8) is 0 Å². The topological polar surface area (TPSA) is 41.1 Å². The Balaban J connectivity index is 2.09. The van der Waals surface area contributed by atoms with Crippen LogP contribution in [0.1, 0.15) is 31.9 Å². The zero-order chi connectivity index (χ0) is 14.4. The van der Waals surface area contributed by atoms with Crippen molar-refractivity contribution in [2.24, 2.45) is 0 Å². The van der Waals surface area contributed by atoms with Crippen molar-refractivity contribution >= 4 is 17.3 Å². The number of nitrogens with one attached hydrogen (secondary N) is 2. The average Bonchev–Trinajstić information content (AvgIpc) is 2.46. The second-order valence-corrected chi connectivity index (χ2v) is 4.77. The van der Waals surface area contributed by atoms with E-state index < -0.39 is 0 Å². The van der Waals surface area contributed by atoms with Crippen LogP contribution in [0.4, 0.5) is 11.4 Å². The number of rotatable bonds is 5. The highest BCUT2D eigenvalue weighted by molar-refractivity contribution is 5.88. The van der Waals surface area contributed by atoms with E-state index in [0.717, 1.165) is 17.8 Å². The van der Waals surface area contributed by atoms with Gasteiger partial charge in [-0.3, -0.25) is 4.79 Å². The van der Waals surface area contributed by atoms with Gasteiger partial charge in [0.25, 0.3) is 0 Å². The molecule has 0 heterocycles. The molecule has 0 spiro atoms. The van der Waals surface area contributed by atoms with Gasteiger partial charge < -0.3 is 10.6 Å². The predicted molar refractivity (Wildman–Crippen MR) is 83.8 cm³/mol. The van der Waals surface area contributed by atoms with Crippen LogP contribution in [0.15, 0.2) is 54.6 Å². The molecule has 2 rings (SSSR count). The van der Waals surface area contributed by atoms with E-state index in [1.165, 1.54) is 12.5 Å². The van der Waals surface area contributed by atoms with Gasteiger partial charge in [0.1, 0.15) is 0 Å². The maximum Gasteiger partial charge on any atom is 0.221 e. The predicted octanol–water partition coefficient (Wildman–Crippen LogP) is 4.21. The first-order valence-corrected chi connectivity index (χ1v) is 6.88. The van der Waals surface area contributed by atoms with Gasteiger partial charge in [0.15, 0.2) is 0 Å². The maximum absolute atomic E-state index is 11.0. The molecule has 0 fully saturated rings. The second kappa shape index (κ2) is 6.75. The van der Waals surface area contributed by atoms with Gasteiger partial charge in [-0.05, 0) is 36.2 Å². The molecule has 0 aliphatic heterocycles. The Morgan fingerprint density at radius 3 is 2.20 bits per heavy atom. The number of hydrogen-bond acceptors (Lipinski definition) is 2. The summed E-state index contributed by atoms with van der Waals surface area (Å²) in [6, 6.07) is 18.4. The number of carbonyl (C=O) groups excluding carboxylic acids is 1. The van der Waals surface area contributed by atoms with Crippen LogP contribution < -0.4 is 10.6 Å². The van der Waals surface area contributed by atoms with Gasteiger partial charge in [-0.2, -0.15) is 0 Å². The van der Waals surface area contributed by atoms with Gasteiger partial charge in [-0.15, -0.1) is 0 Å². The van der Waals surface area contributed by atoms with Crippen LogP contribution in [-0.4, -0.2) is 5.91 Å². The highest BCUT2D eigenvalue weighted by Crippen LogP contribution is 2.23. The van der Waals surface area contributed by atoms with E-state index in [1.807, 2.05) is 30.3 Å². The van der Waals surface area contributed by atoms with Crippen molar-refractivity contribution in [2.75, 3.05) is 10.6 Å². The molecule has 0 bridgehead atoms. The summed E-state index contributed by atoms with van der Waals surface area (Å²) in [5.41, 5.74) is 3.16. The van der Waals surface area contributed by atoms with Crippen molar-refractivity contribution in [2.45, 2.75) is 26.3 Å². The van der Waals surface area contributed by atoms with E-state index in [1.54, 1.807) is 0 Å². The van der Waals surface area contributed by atoms with E-state index in [2.05, 4.69) is 41.8 Å². The molecule has 0 aromatic heterocycles. The van der Waals surface area contributed by atoms with Crippen LogP contribution in [0.5, 0.6) is 0 Å². The maximum atomic E-state index is 11.0. The molecule has 0 aliphatic rings. The van der Waals surface area contributed by atoms with Gasteiger partial charge in [0.05, 0.1) is 6.04 Å². The van der Waals surface area contributed by atoms with Crippen LogP contribution >= 0.6 is 0 Å². The fourth-order valence-electron chi connectivity index (χ4n) is 2.16. The van der Waals surface area contributed by atoms with Gasteiger partial charge in [0, 0.05) is 18.3 Å². The fraction of sp³-hybridized carbons (Fsp3) is 0.235. The number of carbonyl (C=O) groups is 1. The molecule has 3 heteroatoms. The lowest BCUT2D eigenvalue weighted by molar-refractivity contribution is -0.114. The average molecular weight is 268 g/mol. The molecule has 1 amide bonds. The van der Waals surface area contributed by atoms with E-state index in [-0.39, 0.29) is 11.9 Å². The minimum atomic E-state index is -0.0489. The molecular formula is C17H20N2O. The van der Waals surface area contributed by atoms with Crippen molar-refractivity contribution in [3.05, 3.63) is 60.2 Å². The Morgan fingerprint density at radius 2 is 1.65 bits per heavy atom. The number of benzene rings is 2. The van der Waals surface area contributed by atoms with Crippen molar-refractivity contribution < 1.29 is 4.79 Å². The first-order valence-electron chi connectivity index (χ1n) is 6.88. The molecule has 2 aromatic rings. The third-order valence-electron chi connectivity index (χ3n) is 3.16. The first-order chi connectivity index (χ1) is 9.69. The standard InChI is InChI=1S/C17H20N2O/c1-3-17(19-15-7-5-4-6-8-15)14-9-11-16(12-10-14)18-13(2)20/h4-12,17,19H,3H2,1-2H3,(H,18,20). The highest BCUT2D eigenvalue weighted by atomic mass is 16.1. The van der Waals surface area contributed by atoms with Crippen LogP contribution in [0, 0.1) is 0 Å². The number of hydrogen-bond donors (Lipinski definition) is 2. The fourth-order valence-corrected chi connectivity index (χ4v) is 2.16. The van der Waals surface area contributed by atoms with Crippen LogP contribution in [0.2, 0.25) is 0 Å². The van der Waals surface area contributed by atoms with Gasteiger partial charge in [-0.25, -0.2) is 0 Å². The Hall–Kier alpha value is -2.29. The van der Waals surface area contributed by atoms with Crippen LogP contribution in [0.25, 0.3) is 0 Å². The summed E-state index contributed by atoms with van der Waals surface area (Å²) in [5, 5.41) is 6.30. The Kier molecular flexibility index (Phi) is 4.77. The molecule has 20 heavy (non-hydrogen) atoms. The molecule has 0 radical (unpaired) electrons. The van der Waals surface area contributed by atoms with E-state index in [4.69, 9.17) is 0 Å². The molecule has 3 nitrogen and oxygen atoms in total. The minimum Gasteiger partial charge on any atom is -0.378 e. The van der Waals surface area contributed by atoms with E-state index >= 15 is 0 Å². The zero-order valence-electron chi connectivity index (χ0n) is 11.9. The van der Waals surface area contributed by atoms with E-state index in [0.29, 0.717) is 0 Å². The number of para-hydroxylation sites is 1. The second-order valence-electron chi connectivity index (χ2n) is 4.77. The smallest absolute Gasteiger partial charge is 0.221 e. The van der Waals surface area contributed by atoms with Crippen LogP contribution in [-0.2, 0) is 4.79 Å². The molecule has 104 valence electrons. The molecule has 0 aliphatic carbocycles. The van der Waals surface area contributed by atoms with Crippen molar-refractivity contribution in [1.82, 2.24) is 0 Å². The minimum absolute atomic E-state index is 0.0489. The lowest BCUT2D eigenvalue weighted by atomic mass is 10.0. The van der Waals surface area contributed by atoms with Gasteiger partial charge in [-0.1, -0.05) is 37.3 Å². The third-order valence-corrected chi connectivity index (χ3v) is 3.16. The normalized spacial score (nSPS) is 11.7. The van der Waals surface area contributed by atoms with E-state index in [9.17, 15) is 4.79 Å². The Morgan fingerprint density at radius 1 is 1.00 bits per heavy atom. The summed E-state index contributed by atoms with van der Waals surface area (Å²) in [5.74, 6) is -0.0489. The van der Waals surface area contributed by atoms with Crippen molar-refractivity contribution in [3.8, 4) is 0 Å².